The second-order valence-electron chi connectivity index (χ2n) is 6.97. The normalized spacial score (nSPS) is 14.5. The monoisotopic (exact) mass is 372 g/mol. The van der Waals surface area contributed by atoms with E-state index < -0.39 is 10.8 Å². The predicted molar refractivity (Wildman–Crippen MR) is 102 cm³/mol. The van der Waals surface area contributed by atoms with Crippen molar-refractivity contribution in [3.8, 4) is 17.5 Å². The van der Waals surface area contributed by atoms with Gasteiger partial charge < -0.3 is 9.73 Å². The predicted octanol–water partition coefficient (Wildman–Crippen LogP) is 3.89. The first-order valence-electron chi connectivity index (χ1n) is 8.46. The highest BCUT2D eigenvalue weighted by molar-refractivity contribution is 8.00. The van der Waals surface area contributed by atoms with E-state index in [0.29, 0.717) is 11.1 Å². The minimum absolute atomic E-state index is 0.00628. The number of aryl methyl sites for hydroxylation is 2. The highest BCUT2D eigenvalue weighted by Gasteiger charge is 2.32. The van der Waals surface area contributed by atoms with Crippen LogP contribution in [0.1, 0.15) is 38.8 Å². The number of thioether (sulfide) groups is 1. The molecule has 0 spiro atoms. The fourth-order valence-electron chi connectivity index (χ4n) is 2.34. The van der Waals surface area contributed by atoms with Crippen molar-refractivity contribution in [2.45, 2.75) is 57.6 Å². The number of benzene rings is 1. The van der Waals surface area contributed by atoms with Crippen LogP contribution in [0.5, 0.6) is 0 Å². The highest BCUT2D eigenvalue weighted by Crippen LogP contribution is 2.28. The van der Waals surface area contributed by atoms with Gasteiger partial charge in [-0.05, 0) is 45.7 Å². The van der Waals surface area contributed by atoms with Gasteiger partial charge in [0, 0.05) is 5.56 Å². The molecule has 2 aromatic rings. The molecule has 138 valence electrons. The first-order valence-corrected chi connectivity index (χ1v) is 9.34. The number of amides is 1. The Hall–Kier alpha value is -2.33. The van der Waals surface area contributed by atoms with Crippen LogP contribution in [0, 0.1) is 31.1 Å². The van der Waals surface area contributed by atoms with E-state index in [-0.39, 0.29) is 11.8 Å². The SMILES string of the molecule is Cc1cc(C)cc(-c2nnc(S[C@@H](C)C(=O)N[C@](C)(C#N)C(C)C)o2)c1. The molecule has 0 bridgehead atoms. The molecule has 2 rings (SSSR count). The third kappa shape index (κ3) is 4.64. The van der Waals surface area contributed by atoms with Gasteiger partial charge in [0.2, 0.25) is 11.8 Å². The summed E-state index contributed by atoms with van der Waals surface area (Å²) in [7, 11) is 0. The molecule has 0 aliphatic carbocycles. The van der Waals surface area contributed by atoms with E-state index in [4.69, 9.17) is 4.42 Å². The first-order chi connectivity index (χ1) is 12.1. The average molecular weight is 372 g/mol. The number of aromatic nitrogens is 2. The quantitative estimate of drug-likeness (QED) is 0.774. The third-order valence-electron chi connectivity index (χ3n) is 4.29. The van der Waals surface area contributed by atoms with Crippen molar-refractivity contribution < 1.29 is 9.21 Å². The molecule has 6 nitrogen and oxygen atoms in total. The molecule has 1 heterocycles. The van der Waals surface area contributed by atoms with E-state index in [1.807, 2.05) is 39.8 Å². The van der Waals surface area contributed by atoms with Crippen LogP contribution < -0.4 is 5.32 Å². The van der Waals surface area contributed by atoms with Crippen molar-refractivity contribution >= 4 is 17.7 Å². The van der Waals surface area contributed by atoms with Crippen molar-refractivity contribution in [2.75, 3.05) is 0 Å². The molecular formula is C19H24N4O2S. The summed E-state index contributed by atoms with van der Waals surface area (Å²) >= 11 is 1.18. The molecule has 0 saturated heterocycles. The Morgan fingerprint density at radius 2 is 1.85 bits per heavy atom. The Morgan fingerprint density at radius 1 is 1.23 bits per heavy atom. The minimum atomic E-state index is -0.912. The molecule has 1 aromatic heterocycles. The summed E-state index contributed by atoms with van der Waals surface area (Å²) in [5, 5.41) is 20.1. The molecule has 2 atom stereocenters. The standard InChI is InChI=1S/C19H24N4O2S/c1-11(2)19(6,10-20)21-16(24)14(5)26-18-23-22-17(25-18)15-8-12(3)7-13(4)9-15/h7-9,11,14H,1-6H3,(H,21,24)/t14-,19+/m0/s1. The maximum Gasteiger partial charge on any atom is 0.277 e. The van der Waals surface area contributed by atoms with Gasteiger partial charge in [-0.3, -0.25) is 4.79 Å². The number of nitriles is 1. The van der Waals surface area contributed by atoms with Gasteiger partial charge in [-0.25, -0.2) is 0 Å². The van der Waals surface area contributed by atoms with Crippen LogP contribution in [0.25, 0.3) is 11.5 Å². The van der Waals surface area contributed by atoms with Crippen LogP contribution in [0.2, 0.25) is 0 Å². The van der Waals surface area contributed by atoms with Gasteiger partial charge in [-0.1, -0.05) is 42.8 Å². The van der Waals surface area contributed by atoms with Gasteiger partial charge in [0.15, 0.2) is 0 Å². The lowest BCUT2D eigenvalue weighted by Gasteiger charge is -2.28. The van der Waals surface area contributed by atoms with Crippen molar-refractivity contribution in [1.82, 2.24) is 15.5 Å². The zero-order valence-electron chi connectivity index (χ0n) is 16.0. The maximum atomic E-state index is 12.4. The van der Waals surface area contributed by atoms with E-state index in [0.717, 1.165) is 16.7 Å². The Balaban J connectivity index is 2.09. The van der Waals surface area contributed by atoms with E-state index in [1.54, 1.807) is 13.8 Å². The maximum absolute atomic E-state index is 12.4. The number of hydrogen-bond acceptors (Lipinski definition) is 6. The molecule has 0 fully saturated rings. The number of nitrogens with one attached hydrogen (secondary N) is 1. The highest BCUT2D eigenvalue weighted by atomic mass is 32.2. The van der Waals surface area contributed by atoms with Crippen LogP contribution in [0.15, 0.2) is 27.8 Å². The van der Waals surface area contributed by atoms with Gasteiger partial charge in [-0.2, -0.15) is 5.26 Å². The number of carbonyl (C=O) groups excluding carboxylic acids is 1. The van der Waals surface area contributed by atoms with Crippen LogP contribution in [-0.4, -0.2) is 26.9 Å². The molecule has 1 N–H and O–H groups in total. The van der Waals surface area contributed by atoms with Crippen molar-refractivity contribution in [3.05, 3.63) is 29.3 Å². The topological polar surface area (TPSA) is 91.8 Å². The summed E-state index contributed by atoms with van der Waals surface area (Å²) in [4.78, 5) is 12.4. The molecule has 0 unspecified atom stereocenters. The van der Waals surface area contributed by atoms with Crippen molar-refractivity contribution in [3.63, 3.8) is 0 Å². The van der Waals surface area contributed by atoms with Crippen LogP contribution in [0.3, 0.4) is 0 Å². The van der Waals surface area contributed by atoms with Gasteiger partial charge in [0.05, 0.1) is 11.3 Å². The zero-order chi connectivity index (χ0) is 19.5. The fourth-order valence-corrected chi connectivity index (χ4v) is 3.02. The molecule has 26 heavy (non-hydrogen) atoms. The first kappa shape index (κ1) is 20.0. The van der Waals surface area contributed by atoms with E-state index in [9.17, 15) is 10.1 Å². The molecule has 0 aliphatic heterocycles. The molecule has 1 amide bonds. The minimum Gasteiger partial charge on any atom is -0.411 e. The number of rotatable bonds is 6. The second-order valence-corrected chi connectivity index (χ2v) is 8.26. The summed E-state index contributed by atoms with van der Waals surface area (Å²) in [6.07, 6.45) is 0. The summed E-state index contributed by atoms with van der Waals surface area (Å²) in [6, 6.07) is 8.20. The van der Waals surface area contributed by atoms with E-state index >= 15 is 0 Å². The number of carbonyl (C=O) groups is 1. The molecule has 0 aliphatic rings. The van der Waals surface area contributed by atoms with E-state index in [1.165, 1.54) is 11.8 Å². The third-order valence-corrected chi connectivity index (χ3v) is 5.23. The molecule has 1 aromatic carbocycles. The molecule has 0 saturated carbocycles. The second kappa shape index (κ2) is 7.92. The summed E-state index contributed by atoms with van der Waals surface area (Å²) in [5.74, 6) is 0.183. The summed E-state index contributed by atoms with van der Waals surface area (Å²) < 4.78 is 5.70. The van der Waals surface area contributed by atoms with E-state index in [2.05, 4.69) is 27.6 Å². The Kier molecular flexibility index (Phi) is 6.09. The number of hydrogen-bond donors (Lipinski definition) is 1. The Labute approximate surface area is 158 Å². The van der Waals surface area contributed by atoms with Crippen LogP contribution >= 0.6 is 11.8 Å². The lowest BCUT2D eigenvalue weighted by atomic mass is 9.90. The molecular weight excluding hydrogens is 348 g/mol. The van der Waals surface area contributed by atoms with Gasteiger partial charge in [0.1, 0.15) is 5.54 Å². The largest absolute Gasteiger partial charge is 0.411 e. The van der Waals surface area contributed by atoms with Crippen LogP contribution in [0.4, 0.5) is 0 Å². The lowest BCUT2D eigenvalue weighted by molar-refractivity contribution is -0.121. The summed E-state index contributed by atoms with van der Waals surface area (Å²) in [6.45, 7) is 11.3. The molecule has 7 heteroatoms. The van der Waals surface area contributed by atoms with Gasteiger partial charge in [0.25, 0.3) is 5.22 Å². The Morgan fingerprint density at radius 3 is 2.38 bits per heavy atom. The van der Waals surface area contributed by atoms with Gasteiger partial charge in [-0.15, -0.1) is 10.2 Å². The lowest BCUT2D eigenvalue weighted by Crippen LogP contribution is -2.51. The smallest absolute Gasteiger partial charge is 0.277 e. The van der Waals surface area contributed by atoms with Gasteiger partial charge >= 0.3 is 0 Å². The average Bonchev–Trinajstić information content (AvgIpc) is 3.02. The zero-order valence-corrected chi connectivity index (χ0v) is 16.8. The number of nitrogens with zero attached hydrogens (tertiary/aromatic N) is 3. The fraction of sp³-hybridized carbons (Fsp3) is 0.474. The van der Waals surface area contributed by atoms with Crippen molar-refractivity contribution in [2.24, 2.45) is 5.92 Å². The summed E-state index contributed by atoms with van der Waals surface area (Å²) in [5.41, 5.74) is 2.18. The molecule has 0 radical (unpaired) electrons. The Bertz CT molecular complexity index is 820. The van der Waals surface area contributed by atoms with Crippen molar-refractivity contribution in [1.29, 1.82) is 5.26 Å². The van der Waals surface area contributed by atoms with Crippen LogP contribution in [-0.2, 0) is 4.79 Å².